The highest BCUT2D eigenvalue weighted by Crippen LogP contribution is 2.26. The van der Waals surface area contributed by atoms with Crippen molar-refractivity contribution in [3.8, 4) is 5.88 Å². The van der Waals surface area contributed by atoms with Gasteiger partial charge in [0.15, 0.2) is 0 Å². The fourth-order valence-corrected chi connectivity index (χ4v) is 3.78. The van der Waals surface area contributed by atoms with Gasteiger partial charge in [0.2, 0.25) is 5.88 Å². The second-order valence-corrected chi connectivity index (χ2v) is 7.33. The summed E-state index contributed by atoms with van der Waals surface area (Å²) in [6, 6.07) is 5.98. The first kappa shape index (κ1) is 17.4. The van der Waals surface area contributed by atoms with Crippen LogP contribution in [-0.2, 0) is 11.2 Å². The summed E-state index contributed by atoms with van der Waals surface area (Å²) in [5.41, 5.74) is 3.23. The number of halogens is 1. The highest BCUT2D eigenvalue weighted by Gasteiger charge is 2.33. The minimum atomic E-state index is -0.198. The number of fused-ring (bicyclic) bond motifs is 2. The molecule has 138 valence electrons. The van der Waals surface area contributed by atoms with E-state index >= 15 is 0 Å². The number of ether oxygens (including phenoxy) is 2. The molecule has 2 unspecified atom stereocenters. The van der Waals surface area contributed by atoms with E-state index in [0.717, 1.165) is 42.9 Å². The number of benzene rings is 1. The lowest BCUT2D eigenvalue weighted by atomic mass is 9.94. The predicted octanol–water partition coefficient (Wildman–Crippen LogP) is 2.72. The van der Waals surface area contributed by atoms with Gasteiger partial charge in [0.1, 0.15) is 18.2 Å². The van der Waals surface area contributed by atoms with Gasteiger partial charge in [-0.3, -0.25) is 0 Å². The van der Waals surface area contributed by atoms with Crippen LogP contribution in [-0.4, -0.2) is 41.4 Å². The third-order valence-electron chi connectivity index (χ3n) is 5.19. The number of aromatic nitrogens is 2. The molecule has 0 saturated carbocycles. The van der Waals surface area contributed by atoms with Crippen LogP contribution in [0.2, 0.25) is 0 Å². The van der Waals surface area contributed by atoms with Gasteiger partial charge in [-0.1, -0.05) is 12.1 Å². The Morgan fingerprint density at radius 1 is 1.19 bits per heavy atom. The smallest absolute Gasteiger partial charge is 0.219 e. The van der Waals surface area contributed by atoms with Crippen molar-refractivity contribution >= 4 is 0 Å². The van der Waals surface area contributed by atoms with Gasteiger partial charge in [0.25, 0.3) is 0 Å². The van der Waals surface area contributed by atoms with Crippen LogP contribution in [0.3, 0.4) is 0 Å². The van der Waals surface area contributed by atoms with E-state index in [1.807, 2.05) is 26.0 Å². The molecule has 1 aromatic heterocycles. The second-order valence-electron chi connectivity index (χ2n) is 7.33. The second kappa shape index (κ2) is 7.29. The largest absolute Gasteiger partial charge is 0.474 e. The number of nitrogens with one attached hydrogen (secondary N) is 1. The van der Waals surface area contributed by atoms with E-state index in [2.05, 4.69) is 15.3 Å². The van der Waals surface area contributed by atoms with E-state index in [1.165, 1.54) is 6.33 Å². The van der Waals surface area contributed by atoms with Crippen molar-refractivity contribution in [1.82, 2.24) is 15.3 Å². The minimum absolute atomic E-state index is 0.118. The van der Waals surface area contributed by atoms with Crippen molar-refractivity contribution in [2.75, 3.05) is 13.2 Å². The van der Waals surface area contributed by atoms with Crippen molar-refractivity contribution in [2.45, 2.75) is 51.3 Å². The van der Waals surface area contributed by atoms with Crippen molar-refractivity contribution < 1.29 is 13.9 Å². The molecule has 0 aliphatic carbocycles. The Bertz CT molecular complexity index is 787. The standard InChI is InChI=1S/C20H24FN3O2/c1-12-3-4-14(18(21)5-12)6-19-13(2)20(23-11-22-19)26-17-7-15-9-25-10-16(8-17)24-15/h3-5,11,15-17,24H,6-10H2,1-2H3. The molecule has 2 aliphatic heterocycles. The third-order valence-corrected chi connectivity index (χ3v) is 5.19. The van der Waals surface area contributed by atoms with E-state index in [-0.39, 0.29) is 11.9 Å². The van der Waals surface area contributed by atoms with E-state index in [0.29, 0.717) is 29.9 Å². The SMILES string of the molecule is Cc1ccc(Cc2ncnc(OC3CC4COCC(C3)N4)c2C)c(F)c1. The summed E-state index contributed by atoms with van der Waals surface area (Å²) < 4.78 is 26.0. The number of aryl methyl sites for hydroxylation is 1. The maximum atomic E-state index is 14.2. The van der Waals surface area contributed by atoms with Gasteiger partial charge in [0.05, 0.1) is 18.9 Å². The molecule has 2 aromatic rings. The van der Waals surface area contributed by atoms with E-state index < -0.39 is 0 Å². The molecule has 0 spiro atoms. The summed E-state index contributed by atoms with van der Waals surface area (Å²) in [6.45, 7) is 5.30. The van der Waals surface area contributed by atoms with Gasteiger partial charge < -0.3 is 14.8 Å². The van der Waals surface area contributed by atoms with Crippen LogP contribution < -0.4 is 10.1 Å². The van der Waals surface area contributed by atoms with Crippen LogP contribution in [0, 0.1) is 19.7 Å². The van der Waals surface area contributed by atoms with Crippen molar-refractivity contribution in [1.29, 1.82) is 0 Å². The Labute approximate surface area is 153 Å². The van der Waals surface area contributed by atoms with E-state index in [9.17, 15) is 4.39 Å². The quantitative estimate of drug-likeness (QED) is 0.912. The number of hydrogen-bond acceptors (Lipinski definition) is 5. The fourth-order valence-electron chi connectivity index (χ4n) is 3.78. The zero-order valence-electron chi connectivity index (χ0n) is 15.2. The average Bonchev–Trinajstić information content (AvgIpc) is 2.60. The lowest BCUT2D eigenvalue weighted by Gasteiger charge is -2.39. The number of rotatable bonds is 4. The van der Waals surface area contributed by atoms with E-state index in [4.69, 9.17) is 9.47 Å². The molecule has 0 amide bonds. The van der Waals surface area contributed by atoms with Crippen LogP contribution in [0.4, 0.5) is 4.39 Å². The molecule has 2 fully saturated rings. The molecule has 2 atom stereocenters. The van der Waals surface area contributed by atoms with Crippen LogP contribution in [0.5, 0.6) is 5.88 Å². The van der Waals surface area contributed by atoms with E-state index in [1.54, 1.807) is 6.07 Å². The molecule has 1 aromatic carbocycles. The highest BCUT2D eigenvalue weighted by molar-refractivity contribution is 5.34. The molecule has 2 aliphatic rings. The van der Waals surface area contributed by atoms with Gasteiger partial charge in [-0.2, -0.15) is 0 Å². The Kier molecular flexibility index (Phi) is 4.87. The van der Waals surface area contributed by atoms with Crippen molar-refractivity contribution in [3.63, 3.8) is 0 Å². The van der Waals surface area contributed by atoms with Gasteiger partial charge >= 0.3 is 0 Å². The topological polar surface area (TPSA) is 56.3 Å². The van der Waals surface area contributed by atoms with Crippen LogP contribution >= 0.6 is 0 Å². The average molecular weight is 357 g/mol. The first-order valence-corrected chi connectivity index (χ1v) is 9.14. The molecule has 5 nitrogen and oxygen atoms in total. The summed E-state index contributed by atoms with van der Waals surface area (Å²) in [7, 11) is 0. The Morgan fingerprint density at radius 3 is 2.69 bits per heavy atom. The molecule has 6 heteroatoms. The van der Waals surface area contributed by atoms with Crippen LogP contribution in [0.1, 0.15) is 35.2 Å². The minimum Gasteiger partial charge on any atom is -0.474 e. The number of hydrogen-bond donors (Lipinski definition) is 1. The Morgan fingerprint density at radius 2 is 1.96 bits per heavy atom. The molecule has 1 N–H and O–H groups in total. The number of nitrogens with zero attached hydrogens (tertiary/aromatic N) is 2. The van der Waals surface area contributed by atoms with Gasteiger partial charge in [0, 0.05) is 36.9 Å². The molecular weight excluding hydrogens is 333 g/mol. The van der Waals surface area contributed by atoms with Gasteiger partial charge in [-0.15, -0.1) is 0 Å². The van der Waals surface area contributed by atoms with Crippen LogP contribution in [0.25, 0.3) is 0 Å². The van der Waals surface area contributed by atoms with Gasteiger partial charge in [-0.25, -0.2) is 14.4 Å². The molecule has 26 heavy (non-hydrogen) atoms. The number of morpholine rings is 1. The maximum Gasteiger partial charge on any atom is 0.219 e. The summed E-state index contributed by atoms with van der Waals surface area (Å²) in [4.78, 5) is 8.68. The number of piperidine rings is 1. The zero-order valence-corrected chi connectivity index (χ0v) is 15.2. The lowest BCUT2D eigenvalue weighted by Crippen LogP contribution is -2.56. The van der Waals surface area contributed by atoms with Crippen molar-refractivity contribution in [3.05, 3.63) is 52.7 Å². The maximum absolute atomic E-state index is 14.2. The first-order chi connectivity index (χ1) is 12.6. The third kappa shape index (κ3) is 3.71. The zero-order chi connectivity index (χ0) is 18.1. The lowest BCUT2D eigenvalue weighted by molar-refractivity contribution is -0.0134. The predicted molar refractivity (Wildman–Crippen MR) is 95.9 cm³/mol. The fraction of sp³-hybridized carbons (Fsp3) is 0.500. The van der Waals surface area contributed by atoms with Crippen LogP contribution in [0.15, 0.2) is 24.5 Å². The molecule has 2 saturated heterocycles. The Balaban J connectivity index is 1.50. The monoisotopic (exact) mass is 357 g/mol. The summed E-state index contributed by atoms with van der Waals surface area (Å²) in [6.07, 6.45) is 3.87. The molecule has 0 radical (unpaired) electrons. The van der Waals surface area contributed by atoms with Gasteiger partial charge in [-0.05, 0) is 31.0 Å². The molecule has 4 rings (SSSR count). The van der Waals surface area contributed by atoms with Crippen molar-refractivity contribution in [2.24, 2.45) is 0 Å². The normalized spacial score (nSPS) is 25.1. The summed E-state index contributed by atoms with van der Waals surface area (Å²) in [5.74, 6) is 0.407. The summed E-state index contributed by atoms with van der Waals surface area (Å²) >= 11 is 0. The molecular formula is C20H24FN3O2. The summed E-state index contributed by atoms with van der Waals surface area (Å²) in [5, 5.41) is 3.56. The Hall–Kier alpha value is -2.05. The molecule has 2 bridgehead atoms. The molecule has 3 heterocycles. The highest BCUT2D eigenvalue weighted by atomic mass is 19.1. The first-order valence-electron chi connectivity index (χ1n) is 9.14.